The number of hydrogen-bond donors (Lipinski definition) is 2. The zero-order valence-corrected chi connectivity index (χ0v) is 12.0. The predicted octanol–water partition coefficient (Wildman–Crippen LogP) is 1.98. The summed E-state index contributed by atoms with van der Waals surface area (Å²) in [5, 5.41) is 7.13. The largest absolute Gasteiger partial charge is 0.353 e. The van der Waals surface area contributed by atoms with Gasteiger partial charge in [0.1, 0.15) is 5.69 Å². The molecule has 3 N–H and O–H groups in total. The fourth-order valence-electron chi connectivity index (χ4n) is 1.91. The quantitative estimate of drug-likeness (QED) is 0.851. The second-order valence-corrected chi connectivity index (χ2v) is 4.50. The van der Waals surface area contributed by atoms with Crippen molar-refractivity contribution in [2.75, 3.05) is 18.4 Å². The van der Waals surface area contributed by atoms with Crippen LogP contribution in [0, 0.1) is 6.92 Å². The van der Waals surface area contributed by atoms with Gasteiger partial charge in [-0.2, -0.15) is 5.10 Å². The average Bonchev–Trinajstić information content (AvgIpc) is 2.86. The van der Waals surface area contributed by atoms with Gasteiger partial charge in [0.2, 0.25) is 5.95 Å². The lowest BCUT2D eigenvalue weighted by Crippen LogP contribution is -2.15. The molecule has 0 aliphatic carbocycles. The predicted molar refractivity (Wildman–Crippen MR) is 76.2 cm³/mol. The van der Waals surface area contributed by atoms with Gasteiger partial charge in [0, 0.05) is 31.4 Å². The minimum atomic E-state index is -2.66. The number of hydrogen-bond acceptors (Lipinski definition) is 5. The van der Waals surface area contributed by atoms with Gasteiger partial charge in [-0.25, -0.2) is 18.7 Å². The molecule has 2 heterocycles. The van der Waals surface area contributed by atoms with E-state index in [4.69, 9.17) is 5.73 Å². The van der Waals surface area contributed by atoms with Crippen LogP contribution in [0.15, 0.2) is 12.3 Å². The highest BCUT2D eigenvalue weighted by Crippen LogP contribution is 2.26. The lowest BCUT2D eigenvalue weighted by atomic mass is 10.1. The third kappa shape index (κ3) is 3.52. The van der Waals surface area contributed by atoms with E-state index in [-0.39, 0.29) is 11.6 Å². The minimum Gasteiger partial charge on any atom is -0.353 e. The van der Waals surface area contributed by atoms with Crippen LogP contribution in [0.3, 0.4) is 0 Å². The Hall–Kier alpha value is -2.09. The Morgan fingerprint density at radius 2 is 2.14 bits per heavy atom. The van der Waals surface area contributed by atoms with Crippen molar-refractivity contribution in [2.24, 2.45) is 5.73 Å². The van der Waals surface area contributed by atoms with Gasteiger partial charge in [-0.15, -0.1) is 0 Å². The smallest absolute Gasteiger partial charge is 0.280 e. The van der Waals surface area contributed by atoms with Gasteiger partial charge in [-0.3, -0.25) is 4.68 Å². The van der Waals surface area contributed by atoms with E-state index < -0.39 is 6.43 Å². The summed E-state index contributed by atoms with van der Waals surface area (Å²) in [4.78, 5) is 8.07. The standard InChI is InChI=1S/C13H18F2N6/c1-3-21-7-9(8(2)20-21)10-6-11(12(14)15)19-13(18-10)17-5-4-16/h6-7,12H,3-5,16H2,1-2H3,(H,17,18,19). The van der Waals surface area contributed by atoms with Crippen molar-refractivity contribution in [1.29, 1.82) is 0 Å². The first kappa shape index (κ1) is 15.3. The molecule has 0 aliphatic heterocycles. The average molecular weight is 296 g/mol. The van der Waals surface area contributed by atoms with Gasteiger partial charge in [-0.05, 0) is 19.9 Å². The van der Waals surface area contributed by atoms with Crippen LogP contribution in [0.5, 0.6) is 0 Å². The Bertz CT molecular complexity index is 611. The van der Waals surface area contributed by atoms with Gasteiger partial charge in [0.25, 0.3) is 6.43 Å². The number of nitrogens with one attached hydrogen (secondary N) is 1. The maximum Gasteiger partial charge on any atom is 0.280 e. The van der Waals surface area contributed by atoms with Crippen LogP contribution in [-0.2, 0) is 6.54 Å². The number of halogens is 2. The molecule has 0 atom stereocenters. The highest BCUT2D eigenvalue weighted by atomic mass is 19.3. The fourth-order valence-corrected chi connectivity index (χ4v) is 1.91. The Kier molecular flexibility index (Phi) is 4.79. The summed E-state index contributed by atoms with van der Waals surface area (Å²) in [7, 11) is 0. The molecule has 0 saturated heterocycles. The number of anilines is 1. The molecular formula is C13H18F2N6. The highest BCUT2D eigenvalue weighted by Gasteiger charge is 2.16. The van der Waals surface area contributed by atoms with Crippen LogP contribution >= 0.6 is 0 Å². The summed E-state index contributed by atoms with van der Waals surface area (Å²) >= 11 is 0. The van der Waals surface area contributed by atoms with E-state index in [0.29, 0.717) is 25.3 Å². The lowest BCUT2D eigenvalue weighted by Gasteiger charge is -2.08. The topological polar surface area (TPSA) is 81.7 Å². The van der Waals surface area contributed by atoms with Gasteiger partial charge in [0.15, 0.2) is 0 Å². The number of alkyl halides is 2. The van der Waals surface area contributed by atoms with E-state index in [1.807, 2.05) is 13.8 Å². The first-order chi connectivity index (χ1) is 10.0. The third-order valence-electron chi connectivity index (χ3n) is 2.94. The van der Waals surface area contributed by atoms with Crippen molar-refractivity contribution < 1.29 is 8.78 Å². The summed E-state index contributed by atoms with van der Waals surface area (Å²) in [5.74, 6) is 0.150. The minimum absolute atomic E-state index is 0.150. The first-order valence-corrected chi connectivity index (χ1v) is 6.70. The van der Waals surface area contributed by atoms with Crippen molar-refractivity contribution in [3.63, 3.8) is 0 Å². The van der Waals surface area contributed by atoms with Crippen molar-refractivity contribution in [3.8, 4) is 11.3 Å². The second kappa shape index (κ2) is 6.57. The molecule has 2 aromatic heterocycles. The molecule has 114 valence electrons. The maximum atomic E-state index is 13.0. The molecule has 0 bridgehead atoms. The van der Waals surface area contributed by atoms with E-state index in [2.05, 4.69) is 20.4 Å². The molecule has 21 heavy (non-hydrogen) atoms. The molecule has 0 radical (unpaired) electrons. The number of aryl methyl sites for hydroxylation is 2. The Labute approximate surface area is 121 Å². The molecule has 8 heteroatoms. The summed E-state index contributed by atoms with van der Waals surface area (Å²) in [5.41, 5.74) is 6.96. The monoisotopic (exact) mass is 296 g/mol. The van der Waals surface area contributed by atoms with E-state index in [1.165, 1.54) is 6.07 Å². The zero-order valence-electron chi connectivity index (χ0n) is 12.0. The SMILES string of the molecule is CCn1cc(-c2cc(C(F)F)nc(NCCN)n2)c(C)n1. The molecular weight excluding hydrogens is 278 g/mol. The van der Waals surface area contributed by atoms with Crippen LogP contribution < -0.4 is 11.1 Å². The van der Waals surface area contributed by atoms with Crippen LogP contribution in [-0.4, -0.2) is 32.8 Å². The van der Waals surface area contributed by atoms with Gasteiger partial charge in [-0.1, -0.05) is 0 Å². The molecule has 6 nitrogen and oxygen atoms in total. The maximum absolute atomic E-state index is 13.0. The van der Waals surface area contributed by atoms with Gasteiger partial charge < -0.3 is 11.1 Å². The lowest BCUT2D eigenvalue weighted by molar-refractivity contribution is 0.146. The highest BCUT2D eigenvalue weighted by molar-refractivity contribution is 5.62. The van der Waals surface area contributed by atoms with Gasteiger partial charge in [0.05, 0.1) is 11.4 Å². The number of aromatic nitrogens is 4. The Morgan fingerprint density at radius 1 is 1.38 bits per heavy atom. The van der Waals surface area contributed by atoms with Crippen LogP contribution in [0.4, 0.5) is 14.7 Å². The number of nitrogens with two attached hydrogens (primary N) is 1. The Morgan fingerprint density at radius 3 is 2.71 bits per heavy atom. The molecule has 2 aromatic rings. The summed E-state index contributed by atoms with van der Waals surface area (Å²) in [6.07, 6.45) is -0.869. The van der Waals surface area contributed by atoms with Crippen LogP contribution in [0.25, 0.3) is 11.3 Å². The van der Waals surface area contributed by atoms with E-state index in [1.54, 1.807) is 10.9 Å². The number of nitrogens with zero attached hydrogens (tertiary/aromatic N) is 4. The summed E-state index contributed by atoms with van der Waals surface area (Å²) in [6.45, 7) is 5.25. The molecule has 0 amide bonds. The fraction of sp³-hybridized carbons (Fsp3) is 0.462. The Balaban J connectivity index is 2.45. The second-order valence-electron chi connectivity index (χ2n) is 4.50. The van der Waals surface area contributed by atoms with E-state index in [0.717, 1.165) is 11.3 Å². The van der Waals surface area contributed by atoms with Crippen molar-refractivity contribution >= 4 is 5.95 Å². The van der Waals surface area contributed by atoms with Crippen molar-refractivity contribution in [2.45, 2.75) is 26.8 Å². The molecule has 0 fully saturated rings. The van der Waals surface area contributed by atoms with E-state index >= 15 is 0 Å². The molecule has 0 spiro atoms. The number of rotatable bonds is 6. The van der Waals surface area contributed by atoms with Crippen LogP contribution in [0.1, 0.15) is 24.7 Å². The van der Waals surface area contributed by atoms with Crippen molar-refractivity contribution in [3.05, 3.63) is 23.7 Å². The normalized spacial score (nSPS) is 11.1. The summed E-state index contributed by atoms with van der Waals surface area (Å²) in [6, 6.07) is 1.29. The summed E-state index contributed by atoms with van der Waals surface area (Å²) < 4.78 is 27.7. The zero-order chi connectivity index (χ0) is 15.4. The van der Waals surface area contributed by atoms with Gasteiger partial charge >= 0.3 is 0 Å². The molecule has 2 rings (SSSR count). The first-order valence-electron chi connectivity index (χ1n) is 6.70. The van der Waals surface area contributed by atoms with E-state index in [9.17, 15) is 8.78 Å². The third-order valence-corrected chi connectivity index (χ3v) is 2.94. The molecule has 0 unspecified atom stereocenters. The van der Waals surface area contributed by atoms with Crippen LogP contribution in [0.2, 0.25) is 0 Å². The molecule has 0 saturated carbocycles. The van der Waals surface area contributed by atoms with Crippen molar-refractivity contribution in [1.82, 2.24) is 19.7 Å². The molecule has 0 aromatic carbocycles. The molecule has 0 aliphatic rings.